The molecule has 1 aliphatic rings. The molecule has 0 amide bonds. The number of Topliss-reactive ketones (excluding diaryl/α,β-unsaturated/α-hetero) is 1. The lowest BCUT2D eigenvalue weighted by Crippen LogP contribution is -2.46. The molecule has 0 fully saturated rings. The lowest BCUT2D eigenvalue weighted by Gasteiger charge is -2.28. The van der Waals surface area contributed by atoms with Crippen LogP contribution in [0.15, 0.2) is 22.7 Å². The lowest BCUT2D eigenvalue weighted by molar-refractivity contribution is -0.152. The smallest absolute Gasteiger partial charge is 0.314 e. The number of hydrogen-bond acceptors (Lipinski definition) is 3. The number of ketones is 1. The molecule has 0 aliphatic heterocycles. The molecule has 0 aromatic rings. The van der Waals surface area contributed by atoms with Gasteiger partial charge in [-0.15, -0.1) is 0 Å². The maximum atomic E-state index is 11.1. The third kappa shape index (κ3) is 1.78. The largest absolute Gasteiger partial charge is 0.481 e. The van der Waals surface area contributed by atoms with Gasteiger partial charge >= 0.3 is 5.97 Å². The van der Waals surface area contributed by atoms with Crippen molar-refractivity contribution >= 4 is 27.7 Å². The van der Waals surface area contributed by atoms with Gasteiger partial charge in [0.15, 0.2) is 11.4 Å². The molecule has 1 aliphatic carbocycles. The Labute approximate surface area is 89.1 Å². The molecule has 0 bridgehead atoms. The summed E-state index contributed by atoms with van der Waals surface area (Å²) in [6.45, 7) is 1.16. The molecule has 2 unspecified atom stereocenters. The van der Waals surface area contributed by atoms with Crippen LogP contribution >= 0.6 is 15.9 Å². The quantitative estimate of drug-likeness (QED) is 0.772. The van der Waals surface area contributed by atoms with Gasteiger partial charge in [-0.3, -0.25) is 9.59 Å². The summed E-state index contributed by atoms with van der Waals surface area (Å²) in [6, 6.07) is 0. The highest BCUT2D eigenvalue weighted by Crippen LogP contribution is 2.30. The number of aliphatic hydroxyl groups is 1. The molecule has 0 saturated heterocycles. The van der Waals surface area contributed by atoms with Crippen molar-refractivity contribution in [3.05, 3.63) is 22.7 Å². The molecule has 5 heteroatoms. The van der Waals surface area contributed by atoms with Crippen LogP contribution < -0.4 is 0 Å². The van der Waals surface area contributed by atoms with E-state index in [4.69, 9.17) is 5.11 Å². The minimum absolute atomic E-state index is 0.538. The normalized spacial score (nSPS) is 31.1. The number of halogens is 1. The molecule has 0 radical (unpaired) electrons. The number of carboxylic acid groups (broad SMARTS) is 1. The van der Waals surface area contributed by atoms with Crippen LogP contribution in [0.2, 0.25) is 0 Å². The summed E-state index contributed by atoms with van der Waals surface area (Å²) in [5, 5.41) is 18.6. The first kappa shape index (κ1) is 11.1. The van der Waals surface area contributed by atoms with Gasteiger partial charge in [0.1, 0.15) is 5.92 Å². The Balaban J connectivity index is 3.15. The van der Waals surface area contributed by atoms with Crippen LogP contribution in [0.25, 0.3) is 0 Å². The van der Waals surface area contributed by atoms with E-state index < -0.39 is 23.3 Å². The highest BCUT2D eigenvalue weighted by molar-refractivity contribution is 9.11. The van der Waals surface area contributed by atoms with Gasteiger partial charge in [0.2, 0.25) is 0 Å². The monoisotopic (exact) mass is 260 g/mol. The Morgan fingerprint density at radius 1 is 1.57 bits per heavy atom. The van der Waals surface area contributed by atoms with E-state index in [0.29, 0.717) is 4.48 Å². The summed E-state index contributed by atoms with van der Waals surface area (Å²) in [7, 11) is 0. The van der Waals surface area contributed by atoms with Crippen LogP contribution in [0.3, 0.4) is 0 Å². The average molecular weight is 261 g/mol. The lowest BCUT2D eigenvalue weighted by atomic mass is 9.81. The van der Waals surface area contributed by atoms with Crippen molar-refractivity contribution in [1.29, 1.82) is 0 Å². The molecule has 0 spiro atoms. The second-order valence-electron chi connectivity index (χ2n) is 3.08. The average Bonchev–Trinajstić information content (AvgIpc) is 2.08. The fraction of sp³-hybridized carbons (Fsp3) is 0.333. The summed E-state index contributed by atoms with van der Waals surface area (Å²) in [5.74, 6) is -3.05. The first-order valence-electron chi connectivity index (χ1n) is 3.90. The summed E-state index contributed by atoms with van der Waals surface area (Å²) >= 11 is 3.09. The number of allylic oxidation sites excluding steroid dienone is 2. The first-order chi connectivity index (χ1) is 6.38. The van der Waals surface area contributed by atoms with Crippen molar-refractivity contribution in [2.45, 2.75) is 12.5 Å². The molecule has 0 aromatic heterocycles. The van der Waals surface area contributed by atoms with E-state index in [1.54, 1.807) is 0 Å². The van der Waals surface area contributed by atoms with E-state index in [1.165, 1.54) is 18.2 Å². The maximum absolute atomic E-state index is 11.1. The molecule has 0 aromatic carbocycles. The Bertz CT molecular complexity index is 345. The first-order valence-corrected chi connectivity index (χ1v) is 4.70. The van der Waals surface area contributed by atoms with Gasteiger partial charge in [0, 0.05) is 4.48 Å². The number of carbonyl (C=O) groups is 2. The van der Waals surface area contributed by atoms with E-state index in [-0.39, 0.29) is 0 Å². The summed E-state index contributed by atoms with van der Waals surface area (Å²) in [4.78, 5) is 21.9. The predicted molar refractivity (Wildman–Crippen MR) is 52.9 cm³/mol. The van der Waals surface area contributed by atoms with Gasteiger partial charge < -0.3 is 10.2 Å². The molecule has 4 nitrogen and oxygen atoms in total. The van der Waals surface area contributed by atoms with Crippen LogP contribution in [-0.2, 0) is 9.59 Å². The van der Waals surface area contributed by atoms with Crippen LogP contribution in [-0.4, -0.2) is 27.6 Å². The Hall–Kier alpha value is -0.940. The van der Waals surface area contributed by atoms with Crippen LogP contribution in [0.1, 0.15) is 6.92 Å². The molecule has 2 atom stereocenters. The van der Waals surface area contributed by atoms with Gasteiger partial charge in [-0.1, -0.05) is 22.0 Å². The third-order valence-corrected chi connectivity index (χ3v) is 2.66. The Kier molecular flexibility index (Phi) is 2.92. The van der Waals surface area contributed by atoms with Gasteiger partial charge in [0.05, 0.1) is 0 Å². The minimum Gasteiger partial charge on any atom is -0.481 e. The molecular weight excluding hydrogens is 252 g/mol. The molecule has 0 heterocycles. The van der Waals surface area contributed by atoms with Crippen molar-refractivity contribution in [1.82, 2.24) is 0 Å². The zero-order chi connectivity index (χ0) is 10.9. The molecule has 1 rings (SSSR count). The van der Waals surface area contributed by atoms with Crippen LogP contribution in [0.4, 0.5) is 0 Å². The highest BCUT2D eigenvalue weighted by Gasteiger charge is 2.44. The van der Waals surface area contributed by atoms with Gasteiger partial charge in [-0.2, -0.15) is 0 Å². The summed E-state index contributed by atoms with van der Waals surface area (Å²) < 4.78 is 0.538. The van der Waals surface area contributed by atoms with Crippen molar-refractivity contribution in [3.63, 3.8) is 0 Å². The highest BCUT2D eigenvalue weighted by atomic mass is 79.9. The maximum Gasteiger partial charge on any atom is 0.314 e. The van der Waals surface area contributed by atoms with Gasteiger partial charge in [0.25, 0.3) is 0 Å². The van der Waals surface area contributed by atoms with Crippen molar-refractivity contribution in [3.8, 4) is 0 Å². The summed E-state index contributed by atoms with van der Waals surface area (Å²) in [5.41, 5.74) is -1.93. The topological polar surface area (TPSA) is 74.6 Å². The van der Waals surface area contributed by atoms with E-state index >= 15 is 0 Å². The molecular formula is C9H9BrO4. The number of carboxylic acids is 1. The molecule has 0 saturated carbocycles. The Morgan fingerprint density at radius 2 is 2.14 bits per heavy atom. The second-order valence-corrected chi connectivity index (χ2v) is 4.00. The Morgan fingerprint density at radius 3 is 2.57 bits per heavy atom. The van der Waals surface area contributed by atoms with Crippen molar-refractivity contribution < 1.29 is 19.8 Å². The van der Waals surface area contributed by atoms with Gasteiger partial charge in [-0.25, -0.2) is 0 Å². The molecule has 2 N–H and O–H groups in total. The second kappa shape index (κ2) is 3.67. The predicted octanol–water partition coefficient (Wildman–Crippen LogP) is 0.856. The zero-order valence-corrected chi connectivity index (χ0v) is 8.98. The van der Waals surface area contributed by atoms with Gasteiger partial charge in [-0.05, 0) is 19.1 Å². The molecule has 14 heavy (non-hydrogen) atoms. The van der Waals surface area contributed by atoms with Crippen molar-refractivity contribution in [2.75, 3.05) is 0 Å². The number of rotatable bonds is 2. The summed E-state index contributed by atoms with van der Waals surface area (Å²) in [6.07, 6.45) is 3.95. The number of hydrogen-bond donors (Lipinski definition) is 2. The van der Waals surface area contributed by atoms with Crippen LogP contribution in [0.5, 0.6) is 0 Å². The standard InChI is InChI=1S/C9H9BrO4/c1-5(11)9(14)3-2-6(10)4-7(9)8(12)13/h2-4,7,14H,1H3,(H,12,13). The SMILES string of the molecule is CC(=O)C1(O)C=CC(Br)=CC1C(=O)O. The fourth-order valence-corrected chi connectivity index (χ4v) is 1.64. The molecule has 76 valence electrons. The van der Waals surface area contributed by atoms with Crippen molar-refractivity contribution in [2.24, 2.45) is 5.92 Å². The van der Waals surface area contributed by atoms with E-state index in [1.807, 2.05) is 0 Å². The minimum atomic E-state index is -1.93. The number of carbonyl (C=O) groups excluding carboxylic acids is 1. The fourth-order valence-electron chi connectivity index (χ4n) is 1.25. The zero-order valence-electron chi connectivity index (χ0n) is 7.40. The number of aliphatic carboxylic acids is 1. The van der Waals surface area contributed by atoms with E-state index in [2.05, 4.69) is 15.9 Å². The van der Waals surface area contributed by atoms with Crippen LogP contribution in [0, 0.1) is 5.92 Å². The van der Waals surface area contributed by atoms with E-state index in [0.717, 1.165) is 6.92 Å². The third-order valence-electron chi connectivity index (χ3n) is 2.13. The van der Waals surface area contributed by atoms with E-state index in [9.17, 15) is 14.7 Å².